The fourth-order valence-corrected chi connectivity index (χ4v) is 2.72. The molecule has 0 bridgehead atoms. The number of halogens is 3. The van der Waals surface area contributed by atoms with Gasteiger partial charge in [0.05, 0.1) is 4.92 Å². The molecule has 0 N–H and O–H groups in total. The second-order valence-corrected chi connectivity index (χ2v) is 7.19. The number of carbonyl (C=O) groups is 1. The molecule has 150 valence electrons. The van der Waals surface area contributed by atoms with Crippen LogP contribution in [0.5, 0.6) is 5.75 Å². The Morgan fingerprint density at radius 2 is 1.81 bits per heavy atom. The topological polar surface area (TPSA) is 81.9 Å². The zero-order valence-electron chi connectivity index (χ0n) is 15.2. The third kappa shape index (κ3) is 5.48. The summed E-state index contributed by atoms with van der Waals surface area (Å²) in [7, 11) is 0. The molecule has 0 saturated carbocycles. The van der Waals surface area contributed by atoms with E-state index >= 15 is 0 Å². The molecular weight excluding hydrogens is 369 g/mol. The first-order valence-corrected chi connectivity index (χ1v) is 8.37. The van der Waals surface area contributed by atoms with Crippen molar-refractivity contribution in [3.63, 3.8) is 0 Å². The molecule has 0 radical (unpaired) electrons. The van der Waals surface area contributed by atoms with Crippen molar-refractivity contribution in [3.8, 4) is 5.75 Å². The third-order valence-electron chi connectivity index (χ3n) is 3.87. The van der Waals surface area contributed by atoms with Gasteiger partial charge in [-0.15, -0.1) is 0 Å². The zero-order valence-corrected chi connectivity index (χ0v) is 15.2. The Bertz CT molecular complexity index is 708. The minimum Gasteiger partial charge on any atom is -0.489 e. The van der Waals surface area contributed by atoms with E-state index in [1.807, 2.05) is 0 Å². The maximum atomic E-state index is 13.3. The quantitative estimate of drug-likeness (QED) is 0.565. The number of amides is 1. The summed E-state index contributed by atoms with van der Waals surface area (Å²) in [5.41, 5.74) is -3.09. The average molecular weight is 390 g/mol. The lowest BCUT2D eigenvalue weighted by Gasteiger charge is -2.33. The van der Waals surface area contributed by atoms with Crippen molar-refractivity contribution in [3.05, 3.63) is 33.9 Å². The molecule has 10 heteroatoms. The standard InChI is InChI=1S/C17H21F3N2O5/c1-16(2,3)27-15(23)21-9-7-11(8-10-21)26-13-6-4-5-12(22(24)25)14(13)17(18,19)20/h4-6,11H,7-10H2,1-3H3. The summed E-state index contributed by atoms with van der Waals surface area (Å²) in [6.07, 6.45) is -5.42. The first-order valence-electron chi connectivity index (χ1n) is 8.37. The minimum absolute atomic E-state index is 0.260. The second kappa shape index (κ2) is 7.61. The van der Waals surface area contributed by atoms with E-state index in [4.69, 9.17) is 9.47 Å². The number of nitrogens with zero attached hydrogens (tertiary/aromatic N) is 2. The van der Waals surface area contributed by atoms with Gasteiger partial charge in [0.25, 0.3) is 5.69 Å². The van der Waals surface area contributed by atoms with Gasteiger partial charge in [-0.1, -0.05) is 6.07 Å². The zero-order chi connectivity index (χ0) is 20.4. The molecule has 1 fully saturated rings. The number of likely N-dealkylation sites (tertiary alicyclic amines) is 1. The van der Waals surface area contributed by atoms with Crippen molar-refractivity contribution in [1.29, 1.82) is 0 Å². The molecule has 0 unspecified atom stereocenters. The molecule has 0 spiro atoms. The fourth-order valence-electron chi connectivity index (χ4n) is 2.72. The largest absolute Gasteiger partial charge is 0.489 e. The molecular formula is C17H21F3N2O5. The lowest BCUT2D eigenvalue weighted by Crippen LogP contribution is -2.44. The monoisotopic (exact) mass is 390 g/mol. The Labute approximate surface area is 154 Å². The molecule has 1 heterocycles. The van der Waals surface area contributed by atoms with Gasteiger partial charge in [-0.3, -0.25) is 10.1 Å². The highest BCUT2D eigenvalue weighted by Gasteiger charge is 2.42. The van der Waals surface area contributed by atoms with E-state index in [2.05, 4.69) is 0 Å². The molecule has 0 aromatic heterocycles. The van der Waals surface area contributed by atoms with Gasteiger partial charge in [0.1, 0.15) is 17.5 Å². The van der Waals surface area contributed by atoms with Crippen molar-refractivity contribution in [2.24, 2.45) is 0 Å². The van der Waals surface area contributed by atoms with E-state index in [0.29, 0.717) is 12.8 Å². The maximum absolute atomic E-state index is 13.3. The lowest BCUT2D eigenvalue weighted by molar-refractivity contribution is -0.388. The molecule has 1 aliphatic heterocycles. The van der Waals surface area contributed by atoms with Crippen LogP contribution in [0.3, 0.4) is 0 Å². The van der Waals surface area contributed by atoms with Crippen LogP contribution in [0, 0.1) is 10.1 Å². The number of hydrogen-bond acceptors (Lipinski definition) is 5. The maximum Gasteiger partial charge on any atom is 0.426 e. The second-order valence-electron chi connectivity index (χ2n) is 7.19. The van der Waals surface area contributed by atoms with Crippen molar-refractivity contribution in [2.75, 3.05) is 13.1 Å². The number of nitro groups is 1. The normalized spacial score (nSPS) is 16.1. The van der Waals surface area contributed by atoms with Gasteiger partial charge in [0.2, 0.25) is 0 Å². The molecule has 0 atom stereocenters. The van der Waals surface area contributed by atoms with Crippen LogP contribution in [-0.4, -0.2) is 40.7 Å². The lowest BCUT2D eigenvalue weighted by atomic mass is 10.1. The van der Waals surface area contributed by atoms with Gasteiger partial charge in [-0.25, -0.2) is 4.79 Å². The number of benzene rings is 1. The predicted molar refractivity (Wildman–Crippen MR) is 89.6 cm³/mol. The molecule has 1 amide bonds. The number of nitro benzene ring substituents is 1. The van der Waals surface area contributed by atoms with E-state index in [9.17, 15) is 28.1 Å². The smallest absolute Gasteiger partial charge is 0.426 e. The van der Waals surface area contributed by atoms with Gasteiger partial charge >= 0.3 is 12.3 Å². The van der Waals surface area contributed by atoms with Gasteiger partial charge in [0, 0.05) is 32.0 Å². The van der Waals surface area contributed by atoms with Crippen molar-refractivity contribution in [2.45, 2.75) is 51.5 Å². The van der Waals surface area contributed by atoms with Crippen molar-refractivity contribution >= 4 is 11.8 Å². The molecule has 2 rings (SSSR count). The van der Waals surface area contributed by atoms with Gasteiger partial charge in [-0.05, 0) is 26.8 Å². The highest BCUT2D eigenvalue weighted by atomic mass is 19.4. The van der Waals surface area contributed by atoms with Crippen LogP contribution < -0.4 is 4.74 Å². The molecule has 1 aliphatic rings. The van der Waals surface area contributed by atoms with Crippen molar-refractivity contribution < 1.29 is 32.4 Å². The van der Waals surface area contributed by atoms with Crippen LogP contribution in [-0.2, 0) is 10.9 Å². The number of piperidine rings is 1. The average Bonchev–Trinajstić information content (AvgIpc) is 2.52. The Morgan fingerprint density at radius 3 is 2.30 bits per heavy atom. The first-order chi connectivity index (χ1) is 12.4. The van der Waals surface area contributed by atoms with E-state index < -0.39 is 45.9 Å². The van der Waals surface area contributed by atoms with Crippen LogP contribution >= 0.6 is 0 Å². The summed E-state index contributed by atoms with van der Waals surface area (Å²) in [5.74, 6) is -0.576. The molecule has 1 aromatic rings. The first kappa shape index (κ1) is 20.8. The van der Waals surface area contributed by atoms with Gasteiger partial charge < -0.3 is 14.4 Å². The van der Waals surface area contributed by atoms with Gasteiger partial charge in [-0.2, -0.15) is 13.2 Å². The summed E-state index contributed by atoms with van der Waals surface area (Å²) < 4.78 is 50.6. The Kier molecular flexibility index (Phi) is 5.86. The minimum atomic E-state index is -4.92. The Balaban J connectivity index is 2.09. The summed E-state index contributed by atoms with van der Waals surface area (Å²) in [4.78, 5) is 23.3. The summed E-state index contributed by atoms with van der Waals surface area (Å²) in [6.45, 7) is 5.73. The number of alkyl halides is 3. The molecule has 7 nitrogen and oxygen atoms in total. The van der Waals surface area contributed by atoms with E-state index in [0.717, 1.165) is 18.2 Å². The van der Waals surface area contributed by atoms with Crippen LogP contribution in [0.4, 0.5) is 23.7 Å². The summed E-state index contributed by atoms with van der Waals surface area (Å²) in [5, 5.41) is 10.9. The van der Waals surface area contributed by atoms with Crippen LogP contribution in [0.1, 0.15) is 39.2 Å². The summed E-state index contributed by atoms with van der Waals surface area (Å²) in [6, 6.07) is 3.01. The molecule has 0 aliphatic carbocycles. The highest BCUT2D eigenvalue weighted by molar-refractivity contribution is 5.68. The van der Waals surface area contributed by atoms with Crippen LogP contribution in [0.25, 0.3) is 0 Å². The van der Waals surface area contributed by atoms with Crippen LogP contribution in [0.15, 0.2) is 18.2 Å². The third-order valence-corrected chi connectivity index (χ3v) is 3.87. The fraction of sp³-hybridized carbons (Fsp3) is 0.588. The van der Waals surface area contributed by atoms with E-state index in [1.165, 1.54) is 4.90 Å². The molecule has 1 saturated heterocycles. The Hall–Kier alpha value is -2.52. The number of rotatable bonds is 3. The SMILES string of the molecule is CC(C)(C)OC(=O)N1CCC(Oc2cccc([N+](=O)[O-])c2C(F)(F)F)CC1. The molecule has 27 heavy (non-hydrogen) atoms. The van der Waals surface area contributed by atoms with Gasteiger partial charge in [0.15, 0.2) is 5.56 Å². The van der Waals surface area contributed by atoms with E-state index in [-0.39, 0.29) is 13.1 Å². The highest BCUT2D eigenvalue weighted by Crippen LogP contribution is 2.42. The number of ether oxygens (including phenoxy) is 2. The van der Waals surface area contributed by atoms with Crippen molar-refractivity contribution in [1.82, 2.24) is 4.90 Å². The predicted octanol–water partition coefficient (Wildman–Crippen LogP) is 4.39. The van der Waals surface area contributed by atoms with E-state index in [1.54, 1.807) is 20.8 Å². The van der Waals surface area contributed by atoms with Crippen LogP contribution in [0.2, 0.25) is 0 Å². The summed E-state index contributed by atoms with van der Waals surface area (Å²) >= 11 is 0. The Morgan fingerprint density at radius 1 is 1.22 bits per heavy atom. The number of hydrogen-bond donors (Lipinski definition) is 0. The molecule has 1 aromatic carbocycles. The number of carbonyl (C=O) groups excluding carboxylic acids is 1.